The minimum atomic E-state index is -4.52. The smallest absolute Gasteiger partial charge is 0.416 e. The van der Waals surface area contributed by atoms with E-state index in [2.05, 4.69) is 15.1 Å². The number of fused-ring (bicyclic) bond motifs is 4. The van der Waals surface area contributed by atoms with Gasteiger partial charge in [0.2, 0.25) is 5.95 Å². The summed E-state index contributed by atoms with van der Waals surface area (Å²) in [6, 6.07) is 11.4. The number of benzene rings is 2. The summed E-state index contributed by atoms with van der Waals surface area (Å²) >= 11 is 0. The molecule has 0 radical (unpaired) electrons. The molecule has 1 spiro atoms. The highest BCUT2D eigenvalue weighted by atomic mass is 19.4. The highest BCUT2D eigenvalue weighted by Crippen LogP contribution is 2.49. The fourth-order valence-corrected chi connectivity index (χ4v) is 6.07. The van der Waals surface area contributed by atoms with Crippen LogP contribution in [0.5, 0.6) is 0 Å². The summed E-state index contributed by atoms with van der Waals surface area (Å²) in [4.78, 5) is 39.3. The Morgan fingerprint density at radius 2 is 1.83 bits per heavy atom. The number of carbonyl (C=O) groups excluding carboxylic acids is 2. The van der Waals surface area contributed by atoms with Crippen LogP contribution in [0.3, 0.4) is 0 Å². The molecular weight excluding hydrogens is 537 g/mol. The molecule has 0 aliphatic carbocycles. The van der Waals surface area contributed by atoms with Crippen LogP contribution in [-0.2, 0) is 22.1 Å². The molecule has 0 bridgehead atoms. The maximum Gasteiger partial charge on any atom is 0.416 e. The van der Waals surface area contributed by atoms with Gasteiger partial charge >= 0.3 is 12.1 Å². The van der Waals surface area contributed by atoms with Gasteiger partial charge in [0.05, 0.1) is 35.2 Å². The highest BCUT2D eigenvalue weighted by molar-refractivity contribution is 6.20. The minimum absolute atomic E-state index is 0.0580. The third kappa shape index (κ3) is 4.37. The number of carbonyl (C=O) groups is 2. The molecule has 2 unspecified atom stereocenters. The first-order valence-corrected chi connectivity index (χ1v) is 13.3. The molecule has 12 heteroatoms. The van der Waals surface area contributed by atoms with E-state index in [0.717, 1.165) is 12.1 Å². The van der Waals surface area contributed by atoms with Gasteiger partial charge in [0.25, 0.3) is 5.91 Å². The quantitative estimate of drug-likeness (QED) is 0.436. The Balaban J connectivity index is 1.41. The zero-order chi connectivity index (χ0) is 28.9. The average Bonchev–Trinajstić information content (AvgIpc) is 3.22. The van der Waals surface area contributed by atoms with Gasteiger partial charge in [0, 0.05) is 37.7 Å². The van der Waals surface area contributed by atoms with Crippen LogP contribution in [-0.4, -0.2) is 59.8 Å². The first-order chi connectivity index (χ1) is 19.6. The molecule has 3 aromatic rings. The summed E-state index contributed by atoms with van der Waals surface area (Å²) in [5.74, 6) is -0.298. The molecule has 212 valence electrons. The van der Waals surface area contributed by atoms with Crippen molar-refractivity contribution in [2.75, 3.05) is 41.0 Å². The Bertz CT molecular complexity index is 1530. The van der Waals surface area contributed by atoms with E-state index in [1.807, 2.05) is 9.80 Å². The van der Waals surface area contributed by atoms with Crippen molar-refractivity contribution < 1.29 is 27.5 Å². The number of rotatable bonds is 4. The van der Waals surface area contributed by atoms with Crippen LogP contribution >= 0.6 is 0 Å². The Morgan fingerprint density at radius 3 is 2.51 bits per heavy atom. The standard InChI is InChI=1S/C29H27F3N6O3/c1-3-41-25(39)19-5-8-22(9-6-19)38-26(40)28(18(2)35-38)16-20-15-21(29(30,31)32)7-10-23(20)37-14-13-36(17-24(28)37)27-33-11-4-12-34-27/h4-12,15,24H,3,13-14,16-17H2,1-2H3. The molecule has 6 rings (SSSR count). The normalized spacial score (nSPS) is 22.0. The van der Waals surface area contributed by atoms with Gasteiger partial charge in [-0.3, -0.25) is 4.79 Å². The van der Waals surface area contributed by atoms with Crippen molar-refractivity contribution in [3.63, 3.8) is 0 Å². The Kier molecular flexibility index (Phi) is 6.43. The maximum absolute atomic E-state index is 14.4. The van der Waals surface area contributed by atoms with Gasteiger partial charge in [-0.2, -0.15) is 23.3 Å². The van der Waals surface area contributed by atoms with Crippen LogP contribution in [0.15, 0.2) is 66.0 Å². The molecule has 4 heterocycles. The average molecular weight is 565 g/mol. The molecule has 1 amide bonds. The van der Waals surface area contributed by atoms with E-state index in [-0.39, 0.29) is 18.9 Å². The Morgan fingerprint density at radius 1 is 1.10 bits per heavy atom. The number of hydrogen-bond acceptors (Lipinski definition) is 8. The van der Waals surface area contributed by atoms with E-state index in [0.29, 0.717) is 53.8 Å². The molecule has 1 fully saturated rings. The topological polar surface area (TPSA) is 91.2 Å². The zero-order valence-corrected chi connectivity index (χ0v) is 22.4. The van der Waals surface area contributed by atoms with Gasteiger partial charge < -0.3 is 14.5 Å². The highest BCUT2D eigenvalue weighted by Gasteiger charge is 2.60. The number of anilines is 3. The fourth-order valence-electron chi connectivity index (χ4n) is 6.07. The maximum atomic E-state index is 14.4. The van der Waals surface area contributed by atoms with Crippen molar-refractivity contribution >= 4 is 34.9 Å². The van der Waals surface area contributed by atoms with Gasteiger partial charge in [-0.1, -0.05) is 0 Å². The first kappa shape index (κ1) is 26.7. The monoisotopic (exact) mass is 564 g/mol. The second-order valence-corrected chi connectivity index (χ2v) is 10.3. The number of piperazine rings is 1. The second kappa shape index (κ2) is 9.86. The molecule has 0 saturated carbocycles. The van der Waals surface area contributed by atoms with E-state index in [1.165, 1.54) is 11.1 Å². The lowest BCUT2D eigenvalue weighted by molar-refractivity contribution is -0.137. The van der Waals surface area contributed by atoms with Crippen LogP contribution < -0.4 is 14.8 Å². The van der Waals surface area contributed by atoms with E-state index < -0.39 is 29.2 Å². The zero-order valence-electron chi connectivity index (χ0n) is 22.4. The number of nitrogens with zero attached hydrogens (tertiary/aromatic N) is 6. The van der Waals surface area contributed by atoms with Crippen molar-refractivity contribution in [3.05, 3.63) is 77.6 Å². The molecule has 2 atom stereocenters. The third-order valence-electron chi connectivity index (χ3n) is 8.06. The summed E-state index contributed by atoms with van der Waals surface area (Å²) in [5.41, 5.74) is 0.423. The van der Waals surface area contributed by atoms with Crippen LogP contribution in [0.2, 0.25) is 0 Å². The second-order valence-electron chi connectivity index (χ2n) is 10.3. The molecule has 1 aromatic heterocycles. The number of ether oxygens (including phenoxy) is 1. The molecule has 0 N–H and O–H groups in total. The largest absolute Gasteiger partial charge is 0.462 e. The van der Waals surface area contributed by atoms with Crippen LogP contribution in [0.4, 0.5) is 30.5 Å². The van der Waals surface area contributed by atoms with Crippen molar-refractivity contribution in [3.8, 4) is 0 Å². The van der Waals surface area contributed by atoms with Gasteiger partial charge in [0.1, 0.15) is 5.41 Å². The molecule has 9 nitrogen and oxygen atoms in total. The molecule has 1 saturated heterocycles. The molecule has 3 aliphatic rings. The number of hydrogen-bond donors (Lipinski definition) is 0. The summed E-state index contributed by atoms with van der Waals surface area (Å²) in [7, 11) is 0. The lowest BCUT2D eigenvalue weighted by Gasteiger charge is -2.53. The van der Waals surface area contributed by atoms with E-state index in [9.17, 15) is 22.8 Å². The van der Waals surface area contributed by atoms with Crippen molar-refractivity contribution in [2.45, 2.75) is 32.5 Å². The third-order valence-corrected chi connectivity index (χ3v) is 8.06. The van der Waals surface area contributed by atoms with E-state index >= 15 is 0 Å². The van der Waals surface area contributed by atoms with Gasteiger partial charge in [-0.25, -0.2) is 14.8 Å². The van der Waals surface area contributed by atoms with Crippen LogP contribution in [0.1, 0.15) is 35.3 Å². The number of aromatic nitrogens is 2. The Labute approximate surface area is 234 Å². The minimum Gasteiger partial charge on any atom is -0.462 e. The van der Waals surface area contributed by atoms with E-state index in [4.69, 9.17) is 4.74 Å². The van der Waals surface area contributed by atoms with Gasteiger partial charge in [0.15, 0.2) is 0 Å². The Hall–Kier alpha value is -4.48. The molecule has 41 heavy (non-hydrogen) atoms. The SMILES string of the molecule is CCOC(=O)c1ccc(N2N=C(C)C3(Cc4cc(C(F)(F)F)ccc4N4CCN(c5ncccn5)CC43)C2=O)cc1. The van der Waals surface area contributed by atoms with Gasteiger partial charge in [-0.15, -0.1) is 0 Å². The van der Waals surface area contributed by atoms with Crippen molar-refractivity contribution in [1.82, 2.24) is 9.97 Å². The fraction of sp³-hybridized carbons (Fsp3) is 0.345. The summed E-state index contributed by atoms with van der Waals surface area (Å²) in [6.45, 7) is 5.06. The summed E-state index contributed by atoms with van der Waals surface area (Å²) < 4.78 is 46.2. The number of hydrazone groups is 1. The predicted molar refractivity (Wildman–Crippen MR) is 146 cm³/mol. The number of amides is 1. The number of halogens is 3. The number of alkyl halides is 3. The molecular formula is C29H27F3N6O3. The van der Waals surface area contributed by atoms with Crippen molar-refractivity contribution in [2.24, 2.45) is 10.5 Å². The lowest BCUT2D eigenvalue weighted by Crippen LogP contribution is -2.67. The molecule has 2 aromatic carbocycles. The van der Waals surface area contributed by atoms with Crippen LogP contribution in [0, 0.1) is 5.41 Å². The van der Waals surface area contributed by atoms with E-state index in [1.54, 1.807) is 56.6 Å². The summed E-state index contributed by atoms with van der Waals surface area (Å²) in [6.07, 6.45) is -1.16. The first-order valence-electron chi connectivity index (χ1n) is 13.3. The van der Waals surface area contributed by atoms with Crippen molar-refractivity contribution in [1.29, 1.82) is 0 Å². The summed E-state index contributed by atoms with van der Waals surface area (Å²) in [5, 5.41) is 5.94. The lowest BCUT2D eigenvalue weighted by atomic mass is 9.67. The predicted octanol–water partition coefficient (Wildman–Crippen LogP) is 4.33. The number of esters is 1. The van der Waals surface area contributed by atoms with Gasteiger partial charge in [-0.05, 0) is 74.4 Å². The molecule has 3 aliphatic heterocycles. The van der Waals surface area contributed by atoms with Crippen LogP contribution in [0.25, 0.3) is 0 Å².